The first-order valence-corrected chi connectivity index (χ1v) is 7.36. The Morgan fingerprint density at radius 1 is 1.10 bits per heavy atom. The molecule has 1 aliphatic heterocycles. The van der Waals surface area contributed by atoms with Crippen LogP contribution >= 0.6 is 0 Å². The molecular weight excluding hydrogens is 282 g/mol. The van der Waals surface area contributed by atoms with Gasteiger partial charge < -0.3 is 5.73 Å². The summed E-state index contributed by atoms with van der Waals surface area (Å²) >= 11 is 0. The van der Waals surface area contributed by atoms with Gasteiger partial charge in [0.2, 0.25) is 21.8 Å². The number of hydrogen-bond donors (Lipinski definition) is 2. The van der Waals surface area contributed by atoms with Crippen LogP contribution in [0.4, 0.5) is 5.69 Å². The molecule has 0 spiro atoms. The first-order chi connectivity index (χ1) is 9.23. The Balaban J connectivity index is 2.53. The first kappa shape index (κ1) is 14.5. The van der Waals surface area contributed by atoms with E-state index in [2.05, 4.69) is 5.32 Å². The van der Waals surface area contributed by atoms with E-state index in [-0.39, 0.29) is 23.7 Å². The van der Waals surface area contributed by atoms with Gasteiger partial charge in [0.1, 0.15) is 4.90 Å². The summed E-state index contributed by atoms with van der Waals surface area (Å²) in [6.45, 7) is 2.54. The van der Waals surface area contributed by atoms with Crippen molar-refractivity contribution < 1.29 is 18.0 Å². The minimum absolute atomic E-state index is 0.0417. The Bertz CT molecular complexity index is 681. The number of rotatable bonds is 2. The van der Waals surface area contributed by atoms with Crippen molar-refractivity contribution in [1.82, 2.24) is 9.62 Å². The van der Waals surface area contributed by atoms with E-state index in [1.165, 1.54) is 0 Å². The predicted molar refractivity (Wildman–Crippen MR) is 72.2 cm³/mol. The van der Waals surface area contributed by atoms with Gasteiger partial charge in [0.25, 0.3) is 0 Å². The zero-order chi connectivity index (χ0) is 15.1. The molecule has 0 unspecified atom stereocenters. The SMILES string of the molecule is Cc1ccc(C)c(S(=O)(=O)N2CC(=O)NC(=O)C2)c1N. The third kappa shape index (κ3) is 2.39. The Morgan fingerprint density at radius 3 is 2.15 bits per heavy atom. The highest BCUT2D eigenvalue weighted by Gasteiger charge is 2.35. The maximum atomic E-state index is 12.6. The number of piperazine rings is 1. The summed E-state index contributed by atoms with van der Waals surface area (Å²) < 4.78 is 26.0. The summed E-state index contributed by atoms with van der Waals surface area (Å²) in [4.78, 5) is 22.6. The van der Waals surface area contributed by atoms with Gasteiger partial charge >= 0.3 is 0 Å². The number of aryl methyl sites for hydroxylation is 2. The monoisotopic (exact) mass is 297 g/mol. The lowest BCUT2D eigenvalue weighted by molar-refractivity contribution is -0.134. The van der Waals surface area contributed by atoms with Gasteiger partial charge in [-0.15, -0.1) is 0 Å². The molecule has 3 N–H and O–H groups in total. The topological polar surface area (TPSA) is 110 Å². The molecule has 0 bridgehead atoms. The molecule has 1 aromatic rings. The molecule has 7 nitrogen and oxygen atoms in total. The van der Waals surface area contributed by atoms with Crippen LogP contribution in [0.2, 0.25) is 0 Å². The van der Waals surface area contributed by atoms with E-state index in [1.807, 2.05) is 0 Å². The van der Waals surface area contributed by atoms with Gasteiger partial charge in [-0.1, -0.05) is 12.1 Å². The number of nitrogen functional groups attached to an aromatic ring is 1. The lowest BCUT2D eigenvalue weighted by Gasteiger charge is -2.26. The minimum atomic E-state index is -3.99. The molecule has 0 radical (unpaired) electrons. The number of benzene rings is 1. The Morgan fingerprint density at radius 2 is 1.60 bits per heavy atom. The highest BCUT2D eigenvalue weighted by atomic mass is 32.2. The molecule has 0 saturated carbocycles. The maximum Gasteiger partial charge on any atom is 0.246 e. The Hall–Kier alpha value is -1.93. The fourth-order valence-electron chi connectivity index (χ4n) is 2.06. The molecule has 8 heteroatoms. The normalized spacial score (nSPS) is 17.1. The highest BCUT2D eigenvalue weighted by molar-refractivity contribution is 7.89. The smallest absolute Gasteiger partial charge is 0.246 e. The van der Waals surface area contributed by atoms with Crippen LogP contribution in [0.3, 0.4) is 0 Å². The van der Waals surface area contributed by atoms with Crippen molar-refractivity contribution >= 4 is 27.5 Å². The molecule has 1 fully saturated rings. The molecule has 0 atom stereocenters. The standard InChI is InChI=1S/C12H15N3O4S/c1-7-3-4-8(2)12(11(7)13)20(18,19)15-5-9(16)14-10(17)6-15/h3-4H,5-6,13H2,1-2H3,(H,14,16,17). The third-order valence-corrected chi connectivity index (χ3v) is 5.12. The number of nitrogens with zero attached hydrogens (tertiary/aromatic N) is 1. The molecule has 1 aromatic carbocycles. The summed E-state index contributed by atoms with van der Waals surface area (Å²) in [5.74, 6) is -1.29. The largest absolute Gasteiger partial charge is 0.397 e. The van der Waals surface area contributed by atoms with E-state index in [9.17, 15) is 18.0 Å². The van der Waals surface area contributed by atoms with Crippen LogP contribution in [0.5, 0.6) is 0 Å². The number of anilines is 1. The lowest BCUT2D eigenvalue weighted by Crippen LogP contribution is -2.53. The van der Waals surface area contributed by atoms with E-state index in [4.69, 9.17) is 5.73 Å². The number of imide groups is 1. The number of hydrogen-bond acceptors (Lipinski definition) is 5. The van der Waals surface area contributed by atoms with Crippen LogP contribution in [0, 0.1) is 13.8 Å². The fraction of sp³-hybridized carbons (Fsp3) is 0.333. The zero-order valence-electron chi connectivity index (χ0n) is 11.1. The van der Waals surface area contributed by atoms with Gasteiger partial charge in [0, 0.05) is 0 Å². The maximum absolute atomic E-state index is 12.6. The molecule has 1 saturated heterocycles. The van der Waals surface area contributed by atoms with E-state index >= 15 is 0 Å². The molecule has 1 heterocycles. The van der Waals surface area contributed by atoms with Crippen LogP contribution in [0.1, 0.15) is 11.1 Å². The lowest BCUT2D eigenvalue weighted by atomic mass is 10.1. The summed E-state index contributed by atoms with van der Waals surface area (Å²) in [7, 11) is -3.99. The number of carbonyl (C=O) groups is 2. The average molecular weight is 297 g/mol. The summed E-state index contributed by atoms with van der Waals surface area (Å²) in [5.41, 5.74) is 7.10. The molecule has 2 amide bonds. The fourth-order valence-corrected chi connectivity index (χ4v) is 3.81. The second kappa shape index (κ2) is 4.88. The number of nitrogens with one attached hydrogen (secondary N) is 1. The van der Waals surface area contributed by atoms with Crippen molar-refractivity contribution in [2.75, 3.05) is 18.8 Å². The van der Waals surface area contributed by atoms with Crippen molar-refractivity contribution in [3.8, 4) is 0 Å². The average Bonchev–Trinajstić information content (AvgIpc) is 2.33. The number of carbonyl (C=O) groups excluding carboxylic acids is 2. The predicted octanol–water partition coefficient (Wildman–Crippen LogP) is -0.467. The van der Waals surface area contributed by atoms with Gasteiger partial charge in [-0.2, -0.15) is 4.31 Å². The van der Waals surface area contributed by atoms with Gasteiger partial charge in [-0.05, 0) is 25.0 Å². The first-order valence-electron chi connectivity index (χ1n) is 5.92. The van der Waals surface area contributed by atoms with E-state index in [0.717, 1.165) is 4.31 Å². The molecule has 20 heavy (non-hydrogen) atoms. The van der Waals surface area contributed by atoms with Crippen LogP contribution in [-0.2, 0) is 19.6 Å². The molecule has 0 aromatic heterocycles. The van der Waals surface area contributed by atoms with Crippen molar-refractivity contribution in [3.05, 3.63) is 23.3 Å². The zero-order valence-corrected chi connectivity index (χ0v) is 12.0. The van der Waals surface area contributed by atoms with Gasteiger partial charge in [-0.3, -0.25) is 14.9 Å². The van der Waals surface area contributed by atoms with Crippen LogP contribution in [0.15, 0.2) is 17.0 Å². The summed E-state index contributed by atoms with van der Waals surface area (Å²) in [6, 6.07) is 3.36. The minimum Gasteiger partial charge on any atom is -0.397 e. The number of amides is 2. The summed E-state index contributed by atoms with van der Waals surface area (Å²) in [6.07, 6.45) is 0. The second-order valence-corrected chi connectivity index (χ2v) is 6.56. The van der Waals surface area contributed by atoms with E-state index < -0.39 is 21.8 Å². The third-order valence-electron chi connectivity index (χ3n) is 3.13. The van der Waals surface area contributed by atoms with E-state index in [0.29, 0.717) is 11.1 Å². The Kier molecular flexibility index (Phi) is 3.53. The molecule has 0 aliphatic carbocycles. The van der Waals surface area contributed by atoms with Crippen molar-refractivity contribution in [2.45, 2.75) is 18.7 Å². The number of nitrogens with two attached hydrogens (primary N) is 1. The van der Waals surface area contributed by atoms with E-state index in [1.54, 1.807) is 26.0 Å². The van der Waals surface area contributed by atoms with Crippen LogP contribution in [-0.4, -0.2) is 37.6 Å². The van der Waals surface area contributed by atoms with Crippen LogP contribution in [0.25, 0.3) is 0 Å². The van der Waals surface area contributed by atoms with Crippen LogP contribution < -0.4 is 11.1 Å². The highest BCUT2D eigenvalue weighted by Crippen LogP contribution is 2.28. The van der Waals surface area contributed by atoms with Gasteiger partial charge in [0.15, 0.2) is 0 Å². The van der Waals surface area contributed by atoms with Gasteiger partial charge in [0.05, 0.1) is 18.8 Å². The van der Waals surface area contributed by atoms with Crippen molar-refractivity contribution in [2.24, 2.45) is 0 Å². The molecule has 2 rings (SSSR count). The summed E-state index contributed by atoms with van der Waals surface area (Å²) in [5, 5.41) is 2.06. The van der Waals surface area contributed by atoms with Crippen molar-refractivity contribution in [1.29, 1.82) is 0 Å². The molecule has 1 aliphatic rings. The number of sulfonamides is 1. The van der Waals surface area contributed by atoms with Crippen molar-refractivity contribution in [3.63, 3.8) is 0 Å². The van der Waals surface area contributed by atoms with Gasteiger partial charge in [-0.25, -0.2) is 8.42 Å². The molecular formula is C12H15N3O4S. The Labute approximate surface area is 116 Å². The second-order valence-electron chi connectivity index (χ2n) is 4.69. The quantitative estimate of drug-likeness (QED) is 0.566. The molecule has 108 valence electrons.